The highest BCUT2D eigenvalue weighted by atomic mass is 16.4. The Hall–Kier alpha value is -3.38. The summed E-state index contributed by atoms with van der Waals surface area (Å²) in [5.74, 6) is -1.11. The molecule has 0 spiro atoms. The number of nitrogens with one attached hydrogen (secondary N) is 1. The Labute approximate surface area is 200 Å². The fourth-order valence-electron chi connectivity index (χ4n) is 5.45. The fraction of sp³-hybridized carbons (Fsp3) is 0.357. The van der Waals surface area contributed by atoms with Crippen molar-refractivity contribution in [2.75, 3.05) is 24.5 Å². The summed E-state index contributed by atoms with van der Waals surface area (Å²) in [7, 11) is 0. The van der Waals surface area contributed by atoms with Crippen LogP contribution in [0.5, 0.6) is 0 Å². The summed E-state index contributed by atoms with van der Waals surface area (Å²) in [5, 5.41) is 15.7. The van der Waals surface area contributed by atoms with Crippen LogP contribution in [0.1, 0.15) is 48.1 Å². The van der Waals surface area contributed by atoms with Gasteiger partial charge in [-0.15, -0.1) is 0 Å². The average Bonchev–Trinajstić information content (AvgIpc) is 3.53. The molecule has 0 bridgehead atoms. The second-order valence-electron chi connectivity index (χ2n) is 9.43. The molecule has 2 N–H and O–H groups in total. The average molecular weight is 458 g/mol. The van der Waals surface area contributed by atoms with Crippen molar-refractivity contribution in [2.45, 2.75) is 44.3 Å². The number of carbonyl (C=O) groups excluding carboxylic acids is 1. The molecule has 3 atom stereocenters. The number of amides is 1. The van der Waals surface area contributed by atoms with E-state index in [1.807, 2.05) is 24.3 Å². The number of rotatable bonds is 6. The quantitative estimate of drug-likeness (QED) is 0.572. The van der Waals surface area contributed by atoms with Crippen LogP contribution < -0.4 is 10.2 Å². The summed E-state index contributed by atoms with van der Waals surface area (Å²) in [6, 6.07) is 22.5. The number of nitrogens with zero attached hydrogens (tertiary/aromatic N) is 2. The Balaban J connectivity index is 1.22. The maximum atomic E-state index is 12.8. The molecule has 6 heteroatoms. The number of hydrogen-bond acceptors (Lipinski definition) is 4. The molecule has 3 aromatic carbocycles. The van der Waals surface area contributed by atoms with Gasteiger partial charge in [0.2, 0.25) is 0 Å². The summed E-state index contributed by atoms with van der Waals surface area (Å²) < 4.78 is 0. The van der Waals surface area contributed by atoms with Gasteiger partial charge in [-0.3, -0.25) is 4.79 Å². The predicted octanol–water partition coefficient (Wildman–Crippen LogP) is 4.46. The first-order valence-corrected chi connectivity index (χ1v) is 12.1. The molecule has 176 valence electrons. The van der Waals surface area contributed by atoms with Gasteiger partial charge in [0.25, 0.3) is 5.91 Å². The molecule has 2 saturated heterocycles. The standard InChI is InChI=1S/C28H31N3O3/c1-19(24-9-4-7-20-6-2-3-8-25(20)24)29-22-15-17-30(18-22)23-13-11-21(12-14-23)27(32)31-16-5-10-26(31)28(33)34/h2-4,6-9,11-14,19,22,26,29H,5,10,15-18H2,1H3,(H,33,34)/t19-,22+,26-/m1/s1. The minimum atomic E-state index is -0.921. The Kier molecular flexibility index (Phi) is 6.24. The highest BCUT2D eigenvalue weighted by molar-refractivity contribution is 5.97. The Morgan fingerprint density at radius 1 is 0.971 bits per heavy atom. The van der Waals surface area contributed by atoms with E-state index in [0.717, 1.165) is 31.6 Å². The van der Waals surface area contributed by atoms with Crippen molar-refractivity contribution >= 4 is 28.3 Å². The molecule has 0 aromatic heterocycles. The Bertz CT molecular complexity index is 1190. The predicted molar refractivity (Wildman–Crippen MR) is 134 cm³/mol. The molecule has 0 radical (unpaired) electrons. The SMILES string of the molecule is C[C@@H](N[C@H]1CCN(c2ccc(C(=O)N3CCC[C@@H]3C(=O)O)cc2)C1)c1cccc2ccccc12. The van der Waals surface area contributed by atoms with E-state index in [2.05, 4.69) is 59.6 Å². The first-order valence-electron chi connectivity index (χ1n) is 12.1. The minimum Gasteiger partial charge on any atom is -0.480 e. The second-order valence-corrected chi connectivity index (χ2v) is 9.43. The number of anilines is 1. The van der Waals surface area contributed by atoms with Gasteiger partial charge in [-0.25, -0.2) is 4.79 Å². The van der Waals surface area contributed by atoms with Crippen molar-refractivity contribution in [3.8, 4) is 0 Å². The molecule has 2 heterocycles. The number of carboxylic acids is 1. The van der Waals surface area contributed by atoms with Crippen LogP contribution in [0.4, 0.5) is 5.69 Å². The lowest BCUT2D eigenvalue weighted by atomic mass is 9.99. The Morgan fingerprint density at radius 2 is 1.74 bits per heavy atom. The summed E-state index contributed by atoms with van der Waals surface area (Å²) in [6.07, 6.45) is 2.32. The molecule has 5 rings (SSSR count). The van der Waals surface area contributed by atoms with E-state index in [4.69, 9.17) is 0 Å². The highest BCUT2D eigenvalue weighted by Crippen LogP contribution is 2.27. The van der Waals surface area contributed by atoms with Gasteiger partial charge >= 0.3 is 5.97 Å². The van der Waals surface area contributed by atoms with Gasteiger partial charge in [0.05, 0.1) is 0 Å². The van der Waals surface area contributed by atoms with Gasteiger partial charge in [0.1, 0.15) is 6.04 Å². The van der Waals surface area contributed by atoms with Gasteiger partial charge < -0.3 is 20.2 Å². The number of fused-ring (bicyclic) bond motifs is 1. The van der Waals surface area contributed by atoms with Crippen LogP contribution in [-0.2, 0) is 4.79 Å². The maximum Gasteiger partial charge on any atom is 0.326 e. The first kappa shape index (κ1) is 22.4. The number of aliphatic carboxylic acids is 1. The number of hydrogen-bond donors (Lipinski definition) is 2. The summed E-state index contributed by atoms with van der Waals surface area (Å²) in [4.78, 5) is 28.1. The zero-order valence-corrected chi connectivity index (χ0v) is 19.5. The molecular formula is C28H31N3O3. The summed E-state index contributed by atoms with van der Waals surface area (Å²) in [5.41, 5.74) is 2.96. The monoisotopic (exact) mass is 457 g/mol. The molecule has 0 aliphatic carbocycles. The van der Waals surface area contributed by atoms with E-state index < -0.39 is 12.0 Å². The van der Waals surface area contributed by atoms with Crippen LogP contribution in [-0.4, -0.2) is 53.6 Å². The van der Waals surface area contributed by atoms with Gasteiger partial charge in [-0.05, 0) is 66.8 Å². The maximum absolute atomic E-state index is 12.8. The number of likely N-dealkylation sites (tertiary alicyclic amines) is 1. The van der Waals surface area contributed by atoms with Gasteiger partial charge in [-0.1, -0.05) is 42.5 Å². The zero-order chi connectivity index (χ0) is 23.7. The van der Waals surface area contributed by atoms with Crippen molar-refractivity contribution in [3.05, 3.63) is 77.9 Å². The van der Waals surface area contributed by atoms with Crippen LogP contribution in [0, 0.1) is 0 Å². The molecule has 2 aliphatic heterocycles. The topological polar surface area (TPSA) is 72.9 Å². The van der Waals surface area contributed by atoms with Crippen molar-refractivity contribution in [1.29, 1.82) is 0 Å². The second kappa shape index (κ2) is 9.47. The van der Waals surface area contributed by atoms with Crippen LogP contribution >= 0.6 is 0 Å². The van der Waals surface area contributed by atoms with Crippen LogP contribution in [0.15, 0.2) is 66.7 Å². The molecular weight excluding hydrogens is 426 g/mol. The molecule has 1 amide bonds. The number of benzene rings is 3. The summed E-state index contributed by atoms with van der Waals surface area (Å²) in [6.45, 7) is 4.61. The van der Waals surface area contributed by atoms with Crippen LogP contribution in [0.25, 0.3) is 10.8 Å². The normalized spacial score (nSPS) is 21.2. The Morgan fingerprint density at radius 3 is 2.53 bits per heavy atom. The fourth-order valence-corrected chi connectivity index (χ4v) is 5.45. The largest absolute Gasteiger partial charge is 0.480 e. The van der Waals surface area contributed by atoms with Crippen LogP contribution in [0.3, 0.4) is 0 Å². The lowest BCUT2D eigenvalue weighted by Crippen LogP contribution is -2.40. The highest BCUT2D eigenvalue weighted by Gasteiger charge is 2.34. The lowest BCUT2D eigenvalue weighted by Gasteiger charge is -2.24. The van der Waals surface area contributed by atoms with Gasteiger partial charge in [-0.2, -0.15) is 0 Å². The molecule has 0 unspecified atom stereocenters. The molecule has 2 fully saturated rings. The van der Waals surface area contributed by atoms with E-state index in [-0.39, 0.29) is 11.9 Å². The van der Waals surface area contributed by atoms with E-state index >= 15 is 0 Å². The summed E-state index contributed by atoms with van der Waals surface area (Å²) >= 11 is 0. The third-order valence-corrected chi connectivity index (χ3v) is 7.24. The molecule has 3 aromatic rings. The van der Waals surface area contributed by atoms with E-state index in [9.17, 15) is 14.7 Å². The lowest BCUT2D eigenvalue weighted by molar-refractivity contribution is -0.141. The van der Waals surface area contributed by atoms with Crippen molar-refractivity contribution in [3.63, 3.8) is 0 Å². The van der Waals surface area contributed by atoms with Crippen molar-refractivity contribution in [1.82, 2.24) is 10.2 Å². The molecule has 6 nitrogen and oxygen atoms in total. The van der Waals surface area contributed by atoms with Crippen molar-refractivity contribution in [2.24, 2.45) is 0 Å². The van der Waals surface area contributed by atoms with E-state index in [1.165, 1.54) is 21.2 Å². The third-order valence-electron chi connectivity index (χ3n) is 7.24. The molecule has 0 saturated carbocycles. The molecule has 34 heavy (non-hydrogen) atoms. The minimum absolute atomic E-state index is 0.193. The van der Waals surface area contributed by atoms with E-state index in [1.54, 1.807) is 0 Å². The zero-order valence-electron chi connectivity index (χ0n) is 19.5. The smallest absolute Gasteiger partial charge is 0.326 e. The van der Waals surface area contributed by atoms with Gasteiger partial charge in [0, 0.05) is 43.0 Å². The first-order chi connectivity index (χ1) is 16.5. The number of carboxylic acid groups (broad SMARTS) is 1. The van der Waals surface area contributed by atoms with Crippen LogP contribution in [0.2, 0.25) is 0 Å². The van der Waals surface area contributed by atoms with Crippen molar-refractivity contribution < 1.29 is 14.7 Å². The third kappa shape index (κ3) is 4.38. The number of carbonyl (C=O) groups is 2. The molecule has 2 aliphatic rings. The van der Waals surface area contributed by atoms with Gasteiger partial charge in [0.15, 0.2) is 0 Å². The van der Waals surface area contributed by atoms with E-state index in [0.29, 0.717) is 24.6 Å².